The first kappa shape index (κ1) is 13.6. The zero-order chi connectivity index (χ0) is 13.8. The minimum absolute atomic E-state index is 0.0218. The largest absolute Gasteiger partial charge is 0.481 e. The number of hydrogen-bond acceptors (Lipinski definition) is 2. The van der Waals surface area contributed by atoms with Crippen molar-refractivity contribution in [3.05, 3.63) is 30.1 Å². The van der Waals surface area contributed by atoms with Gasteiger partial charge in [-0.3, -0.25) is 4.79 Å². The fraction of sp³-hybridized carbons (Fsp3) is 0.467. The summed E-state index contributed by atoms with van der Waals surface area (Å²) in [6.45, 7) is 4.14. The summed E-state index contributed by atoms with van der Waals surface area (Å²) in [5.41, 5.74) is 1.99. The number of imidazole rings is 1. The van der Waals surface area contributed by atoms with E-state index in [4.69, 9.17) is 5.11 Å². The number of hydrogen-bond donors (Lipinski definition) is 1. The Morgan fingerprint density at radius 3 is 2.74 bits per heavy atom. The summed E-state index contributed by atoms with van der Waals surface area (Å²) in [4.78, 5) is 15.7. The number of carboxylic acids is 1. The third-order valence-corrected chi connectivity index (χ3v) is 3.39. The SMILES string of the molecule is CCCc1nc2ccccc2n1C(CC)CC(=O)O. The van der Waals surface area contributed by atoms with Gasteiger partial charge in [0.15, 0.2) is 0 Å². The highest BCUT2D eigenvalue weighted by atomic mass is 16.4. The quantitative estimate of drug-likeness (QED) is 0.865. The van der Waals surface area contributed by atoms with E-state index in [0.29, 0.717) is 0 Å². The topological polar surface area (TPSA) is 55.1 Å². The van der Waals surface area contributed by atoms with E-state index in [2.05, 4.69) is 16.5 Å². The van der Waals surface area contributed by atoms with Crippen molar-refractivity contribution >= 4 is 17.0 Å². The number of nitrogens with zero attached hydrogens (tertiary/aromatic N) is 2. The fourth-order valence-electron chi connectivity index (χ4n) is 2.52. The van der Waals surface area contributed by atoms with E-state index in [-0.39, 0.29) is 12.5 Å². The third-order valence-electron chi connectivity index (χ3n) is 3.39. The molecule has 1 heterocycles. The van der Waals surface area contributed by atoms with Gasteiger partial charge in [-0.05, 0) is 25.0 Å². The molecule has 0 radical (unpaired) electrons. The minimum Gasteiger partial charge on any atom is -0.481 e. The van der Waals surface area contributed by atoms with Crippen LogP contribution in [0.3, 0.4) is 0 Å². The molecule has 4 nitrogen and oxygen atoms in total. The summed E-state index contributed by atoms with van der Waals surface area (Å²) in [7, 11) is 0. The van der Waals surface area contributed by atoms with Gasteiger partial charge in [0, 0.05) is 12.5 Å². The molecule has 0 aliphatic heterocycles. The van der Waals surface area contributed by atoms with Gasteiger partial charge < -0.3 is 9.67 Å². The molecule has 102 valence electrons. The molecule has 0 aliphatic rings. The Morgan fingerprint density at radius 1 is 1.37 bits per heavy atom. The number of aryl methyl sites for hydroxylation is 1. The third kappa shape index (κ3) is 2.78. The Bertz CT molecular complexity index is 575. The molecule has 0 amide bonds. The number of rotatable bonds is 6. The van der Waals surface area contributed by atoms with Crippen LogP contribution in [0.25, 0.3) is 11.0 Å². The average Bonchev–Trinajstić information content (AvgIpc) is 2.74. The molecule has 0 saturated heterocycles. The van der Waals surface area contributed by atoms with Crippen LogP contribution in [0.5, 0.6) is 0 Å². The number of aromatic nitrogens is 2. The van der Waals surface area contributed by atoms with Gasteiger partial charge in [0.2, 0.25) is 0 Å². The Kier molecular flexibility index (Phi) is 4.20. The van der Waals surface area contributed by atoms with Crippen molar-refractivity contribution in [2.24, 2.45) is 0 Å². The van der Waals surface area contributed by atoms with Crippen molar-refractivity contribution in [3.63, 3.8) is 0 Å². The van der Waals surface area contributed by atoms with Crippen molar-refractivity contribution in [1.82, 2.24) is 9.55 Å². The number of fused-ring (bicyclic) bond motifs is 1. The van der Waals surface area contributed by atoms with Gasteiger partial charge in [0.1, 0.15) is 5.82 Å². The summed E-state index contributed by atoms with van der Waals surface area (Å²) in [6, 6.07) is 7.92. The van der Waals surface area contributed by atoms with Crippen LogP contribution in [0.4, 0.5) is 0 Å². The maximum atomic E-state index is 11.0. The fourth-order valence-corrected chi connectivity index (χ4v) is 2.52. The van der Waals surface area contributed by atoms with Gasteiger partial charge >= 0.3 is 5.97 Å². The zero-order valence-corrected chi connectivity index (χ0v) is 11.5. The van der Waals surface area contributed by atoms with E-state index in [9.17, 15) is 4.79 Å². The second kappa shape index (κ2) is 5.87. The molecule has 1 unspecified atom stereocenters. The maximum Gasteiger partial charge on any atom is 0.305 e. The molecule has 1 atom stereocenters. The number of carbonyl (C=O) groups is 1. The molecular formula is C15H20N2O2. The van der Waals surface area contributed by atoms with E-state index in [1.165, 1.54) is 0 Å². The highest BCUT2D eigenvalue weighted by Gasteiger charge is 2.19. The van der Waals surface area contributed by atoms with E-state index in [1.807, 2.05) is 31.2 Å². The Balaban J connectivity index is 2.53. The highest BCUT2D eigenvalue weighted by Crippen LogP contribution is 2.26. The van der Waals surface area contributed by atoms with Gasteiger partial charge in [-0.1, -0.05) is 26.0 Å². The van der Waals surface area contributed by atoms with Crippen molar-refractivity contribution in [1.29, 1.82) is 0 Å². The zero-order valence-electron chi connectivity index (χ0n) is 11.5. The molecule has 1 N–H and O–H groups in total. The molecule has 0 spiro atoms. The van der Waals surface area contributed by atoms with Crippen LogP contribution < -0.4 is 0 Å². The Morgan fingerprint density at radius 2 is 2.11 bits per heavy atom. The smallest absolute Gasteiger partial charge is 0.305 e. The van der Waals surface area contributed by atoms with Gasteiger partial charge in [-0.15, -0.1) is 0 Å². The first-order valence-corrected chi connectivity index (χ1v) is 6.85. The number of aliphatic carboxylic acids is 1. The lowest BCUT2D eigenvalue weighted by Gasteiger charge is -2.18. The van der Waals surface area contributed by atoms with Crippen LogP contribution in [-0.4, -0.2) is 20.6 Å². The monoisotopic (exact) mass is 260 g/mol. The Hall–Kier alpha value is -1.84. The second-order valence-electron chi connectivity index (χ2n) is 4.80. The molecule has 0 fully saturated rings. The van der Waals surface area contributed by atoms with Gasteiger partial charge in [0.25, 0.3) is 0 Å². The summed E-state index contributed by atoms with van der Waals surface area (Å²) in [5.74, 6) is 0.240. The molecule has 2 aromatic rings. The van der Waals surface area contributed by atoms with Crippen LogP contribution in [0.15, 0.2) is 24.3 Å². The standard InChI is InChI=1S/C15H20N2O2/c1-3-7-14-16-12-8-5-6-9-13(12)17(14)11(4-2)10-15(18)19/h5-6,8-9,11H,3-4,7,10H2,1-2H3,(H,18,19). The summed E-state index contributed by atoms with van der Waals surface area (Å²) in [6.07, 6.45) is 2.83. The summed E-state index contributed by atoms with van der Waals surface area (Å²) in [5, 5.41) is 9.07. The Labute approximate surface area is 113 Å². The van der Waals surface area contributed by atoms with E-state index < -0.39 is 5.97 Å². The van der Waals surface area contributed by atoms with E-state index >= 15 is 0 Å². The summed E-state index contributed by atoms with van der Waals surface area (Å²) >= 11 is 0. The van der Waals surface area contributed by atoms with Crippen LogP contribution in [0.2, 0.25) is 0 Å². The van der Waals surface area contributed by atoms with Crippen LogP contribution in [0, 0.1) is 0 Å². The van der Waals surface area contributed by atoms with Crippen LogP contribution >= 0.6 is 0 Å². The molecule has 0 aliphatic carbocycles. The lowest BCUT2D eigenvalue weighted by Crippen LogP contribution is -2.15. The number of para-hydroxylation sites is 2. The molecule has 0 bridgehead atoms. The van der Waals surface area contributed by atoms with E-state index in [1.54, 1.807) is 0 Å². The number of benzene rings is 1. The lowest BCUT2D eigenvalue weighted by atomic mass is 10.1. The van der Waals surface area contributed by atoms with Gasteiger partial charge in [-0.2, -0.15) is 0 Å². The number of carboxylic acid groups (broad SMARTS) is 1. The summed E-state index contributed by atoms with van der Waals surface area (Å²) < 4.78 is 2.12. The minimum atomic E-state index is -0.757. The average molecular weight is 260 g/mol. The van der Waals surface area contributed by atoms with Crippen LogP contribution in [0.1, 0.15) is 45.0 Å². The predicted octanol–water partition coefficient (Wildman–Crippen LogP) is 3.41. The predicted molar refractivity (Wildman–Crippen MR) is 75.3 cm³/mol. The van der Waals surface area contributed by atoms with E-state index in [0.717, 1.165) is 36.1 Å². The molecule has 19 heavy (non-hydrogen) atoms. The van der Waals surface area contributed by atoms with Crippen molar-refractivity contribution in [2.75, 3.05) is 0 Å². The second-order valence-corrected chi connectivity index (χ2v) is 4.80. The molecule has 4 heteroatoms. The molecule has 0 saturated carbocycles. The normalized spacial score (nSPS) is 12.7. The first-order valence-electron chi connectivity index (χ1n) is 6.85. The first-order chi connectivity index (χ1) is 9.17. The highest BCUT2D eigenvalue weighted by molar-refractivity contribution is 5.76. The van der Waals surface area contributed by atoms with Gasteiger partial charge in [-0.25, -0.2) is 4.98 Å². The van der Waals surface area contributed by atoms with Gasteiger partial charge in [0.05, 0.1) is 17.5 Å². The molecule has 1 aromatic carbocycles. The van der Waals surface area contributed by atoms with Crippen LogP contribution in [-0.2, 0) is 11.2 Å². The molecule has 1 aromatic heterocycles. The maximum absolute atomic E-state index is 11.0. The van der Waals surface area contributed by atoms with Crippen molar-refractivity contribution in [2.45, 2.75) is 45.6 Å². The molecular weight excluding hydrogens is 240 g/mol. The van der Waals surface area contributed by atoms with Crippen molar-refractivity contribution in [3.8, 4) is 0 Å². The lowest BCUT2D eigenvalue weighted by molar-refractivity contribution is -0.137. The van der Waals surface area contributed by atoms with Crippen molar-refractivity contribution < 1.29 is 9.90 Å². The molecule has 2 rings (SSSR count).